The van der Waals surface area contributed by atoms with Crippen LogP contribution < -0.4 is 0 Å². The number of hydrogen-bond donors (Lipinski definition) is 0. The van der Waals surface area contributed by atoms with Gasteiger partial charge < -0.3 is 9.47 Å². The lowest BCUT2D eigenvalue weighted by Gasteiger charge is -2.38. The van der Waals surface area contributed by atoms with E-state index in [1.54, 1.807) is 12.4 Å². The van der Waals surface area contributed by atoms with Crippen molar-refractivity contribution in [3.63, 3.8) is 0 Å². The highest BCUT2D eigenvalue weighted by Gasteiger charge is 2.34. The number of aromatic nitrogens is 1. The van der Waals surface area contributed by atoms with Crippen molar-refractivity contribution in [2.45, 2.75) is 33.0 Å². The van der Waals surface area contributed by atoms with Crippen LogP contribution in [0.1, 0.15) is 38.5 Å². The third-order valence-corrected chi connectivity index (χ3v) is 3.56. The van der Waals surface area contributed by atoms with E-state index in [2.05, 4.69) is 18.8 Å². The Morgan fingerprint density at radius 2 is 1.75 bits per heavy atom. The van der Waals surface area contributed by atoms with Gasteiger partial charge in [-0.2, -0.15) is 0 Å². The average Bonchev–Trinajstić information content (AvgIpc) is 2.40. The van der Waals surface area contributed by atoms with Crippen LogP contribution in [0.4, 0.5) is 0 Å². The predicted octanol–water partition coefficient (Wildman–Crippen LogP) is 2.93. The van der Waals surface area contributed by atoms with E-state index in [4.69, 9.17) is 9.47 Å². The van der Waals surface area contributed by atoms with Crippen molar-refractivity contribution in [3.05, 3.63) is 30.1 Å². The molecule has 0 amide bonds. The zero-order valence-electron chi connectivity index (χ0n) is 9.98. The minimum atomic E-state index is -0.214. The Balaban J connectivity index is 2.00. The van der Waals surface area contributed by atoms with Crippen LogP contribution in [0.15, 0.2) is 24.5 Å². The normalized spacial score (nSPS) is 20.9. The maximum atomic E-state index is 5.81. The zero-order valence-corrected chi connectivity index (χ0v) is 9.98. The first-order chi connectivity index (χ1) is 7.79. The first-order valence-corrected chi connectivity index (χ1v) is 5.93. The maximum absolute atomic E-state index is 5.81. The molecule has 1 aromatic heterocycles. The maximum Gasteiger partial charge on any atom is 0.183 e. The van der Waals surface area contributed by atoms with Gasteiger partial charge in [0.2, 0.25) is 0 Å². The van der Waals surface area contributed by atoms with Gasteiger partial charge in [-0.1, -0.05) is 13.8 Å². The second-order valence-electron chi connectivity index (χ2n) is 4.44. The summed E-state index contributed by atoms with van der Waals surface area (Å²) in [5.41, 5.74) is 1.26. The van der Waals surface area contributed by atoms with Crippen LogP contribution >= 0.6 is 0 Å². The smallest absolute Gasteiger partial charge is 0.183 e. The summed E-state index contributed by atoms with van der Waals surface area (Å²) in [6.45, 7) is 5.96. The van der Waals surface area contributed by atoms with Crippen molar-refractivity contribution in [1.29, 1.82) is 0 Å². The van der Waals surface area contributed by atoms with E-state index in [-0.39, 0.29) is 11.7 Å². The minimum Gasteiger partial charge on any atom is -0.348 e. The van der Waals surface area contributed by atoms with Gasteiger partial charge in [0.05, 0.1) is 13.2 Å². The Kier molecular flexibility index (Phi) is 3.56. The molecule has 0 saturated carbocycles. The van der Waals surface area contributed by atoms with Gasteiger partial charge in [-0.15, -0.1) is 0 Å². The van der Waals surface area contributed by atoms with Crippen molar-refractivity contribution >= 4 is 0 Å². The summed E-state index contributed by atoms with van der Waals surface area (Å²) in [7, 11) is 0. The van der Waals surface area contributed by atoms with Crippen LogP contribution in [-0.4, -0.2) is 18.2 Å². The summed E-state index contributed by atoms with van der Waals surface area (Å²) in [6, 6.07) is 3.88. The molecule has 1 aromatic rings. The fraction of sp³-hybridized carbons (Fsp3) is 0.615. The van der Waals surface area contributed by atoms with Crippen LogP contribution in [0.2, 0.25) is 0 Å². The second kappa shape index (κ2) is 4.93. The van der Waals surface area contributed by atoms with Gasteiger partial charge in [-0.25, -0.2) is 0 Å². The molecule has 0 N–H and O–H groups in total. The fourth-order valence-corrected chi connectivity index (χ4v) is 1.97. The van der Waals surface area contributed by atoms with Gasteiger partial charge in [0.15, 0.2) is 6.29 Å². The number of rotatable bonds is 3. The van der Waals surface area contributed by atoms with Crippen LogP contribution in [0.25, 0.3) is 0 Å². The molecule has 0 aliphatic carbocycles. The molecule has 2 heterocycles. The van der Waals surface area contributed by atoms with Gasteiger partial charge in [0.1, 0.15) is 0 Å². The Morgan fingerprint density at radius 1 is 1.19 bits per heavy atom. The first-order valence-electron chi connectivity index (χ1n) is 5.93. The molecule has 0 spiro atoms. The van der Waals surface area contributed by atoms with E-state index >= 15 is 0 Å². The molecule has 1 aliphatic rings. The molecule has 0 radical (unpaired) electrons. The van der Waals surface area contributed by atoms with Gasteiger partial charge in [-0.3, -0.25) is 4.98 Å². The first kappa shape index (κ1) is 11.6. The van der Waals surface area contributed by atoms with Gasteiger partial charge in [0.25, 0.3) is 0 Å². The van der Waals surface area contributed by atoms with E-state index in [0.29, 0.717) is 0 Å². The predicted molar refractivity (Wildman–Crippen MR) is 61.9 cm³/mol. The van der Waals surface area contributed by atoms with E-state index in [1.807, 2.05) is 12.1 Å². The van der Waals surface area contributed by atoms with Crippen molar-refractivity contribution < 1.29 is 9.47 Å². The Morgan fingerprint density at radius 3 is 2.25 bits per heavy atom. The third-order valence-electron chi connectivity index (χ3n) is 3.56. The van der Waals surface area contributed by atoms with E-state index in [0.717, 1.165) is 31.6 Å². The molecule has 88 valence electrons. The molecular formula is C13H19NO2. The molecule has 1 fully saturated rings. The molecule has 16 heavy (non-hydrogen) atoms. The topological polar surface area (TPSA) is 31.4 Å². The molecule has 2 rings (SSSR count). The van der Waals surface area contributed by atoms with Crippen LogP contribution in [0.3, 0.4) is 0 Å². The van der Waals surface area contributed by atoms with Crippen molar-refractivity contribution in [3.8, 4) is 0 Å². The van der Waals surface area contributed by atoms with Crippen LogP contribution in [0, 0.1) is 5.41 Å². The molecule has 0 unspecified atom stereocenters. The Labute approximate surface area is 96.8 Å². The van der Waals surface area contributed by atoms with E-state index in [9.17, 15) is 0 Å². The lowest BCUT2D eigenvalue weighted by atomic mass is 9.83. The highest BCUT2D eigenvalue weighted by Crippen LogP contribution is 2.36. The molecule has 3 nitrogen and oxygen atoms in total. The number of pyridine rings is 1. The quantitative estimate of drug-likeness (QED) is 0.786. The average molecular weight is 221 g/mol. The highest BCUT2D eigenvalue weighted by molar-refractivity contribution is 5.11. The molecule has 0 atom stereocenters. The fourth-order valence-electron chi connectivity index (χ4n) is 1.97. The summed E-state index contributed by atoms with van der Waals surface area (Å²) < 4.78 is 11.6. The molecule has 0 bridgehead atoms. The minimum absolute atomic E-state index is 0.212. The molecule has 3 heteroatoms. The summed E-state index contributed by atoms with van der Waals surface area (Å²) in [5.74, 6) is 0. The Hall–Kier alpha value is -0.930. The lowest BCUT2D eigenvalue weighted by Crippen LogP contribution is -2.37. The highest BCUT2D eigenvalue weighted by atomic mass is 16.7. The van der Waals surface area contributed by atoms with Crippen molar-refractivity contribution in [2.75, 3.05) is 13.2 Å². The van der Waals surface area contributed by atoms with Crippen LogP contribution in [-0.2, 0) is 9.47 Å². The van der Waals surface area contributed by atoms with Crippen molar-refractivity contribution in [1.82, 2.24) is 4.98 Å². The van der Waals surface area contributed by atoms with E-state index < -0.39 is 0 Å². The summed E-state index contributed by atoms with van der Waals surface area (Å²) >= 11 is 0. The summed E-state index contributed by atoms with van der Waals surface area (Å²) in [5, 5.41) is 0. The van der Waals surface area contributed by atoms with Gasteiger partial charge in [-0.05, 0) is 25.0 Å². The van der Waals surface area contributed by atoms with E-state index in [1.165, 1.54) is 0 Å². The number of nitrogens with zero attached hydrogens (tertiary/aromatic N) is 1. The summed E-state index contributed by atoms with van der Waals surface area (Å²) in [6.07, 6.45) is 5.53. The molecule has 1 saturated heterocycles. The zero-order chi connectivity index (χ0) is 11.4. The largest absolute Gasteiger partial charge is 0.348 e. The summed E-state index contributed by atoms with van der Waals surface area (Å²) in [4.78, 5) is 3.99. The lowest BCUT2D eigenvalue weighted by molar-refractivity contribution is -0.235. The van der Waals surface area contributed by atoms with Crippen molar-refractivity contribution in [2.24, 2.45) is 5.41 Å². The standard InChI is InChI=1S/C13H19NO2/c1-3-13(4-2)9-15-12(16-10-13)11-5-7-14-8-6-11/h5-8,12H,3-4,9-10H2,1-2H3. The third kappa shape index (κ3) is 2.25. The molecule has 1 aliphatic heterocycles. The SMILES string of the molecule is CCC1(CC)COC(c2ccncc2)OC1. The van der Waals surface area contributed by atoms with Gasteiger partial charge >= 0.3 is 0 Å². The number of ether oxygens (including phenoxy) is 2. The molecular weight excluding hydrogens is 202 g/mol. The second-order valence-corrected chi connectivity index (χ2v) is 4.44. The monoisotopic (exact) mass is 221 g/mol. The van der Waals surface area contributed by atoms with Gasteiger partial charge in [0, 0.05) is 23.4 Å². The Bertz CT molecular complexity index is 312. The van der Waals surface area contributed by atoms with Crippen LogP contribution in [0.5, 0.6) is 0 Å². The molecule has 0 aromatic carbocycles. The number of hydrogen-bond acceptors (Lipinski definition) is 3.